The second kappa shape index (κ2) is 3.89. The summed E-state index contributed by atoms with van der Waals surface area (Å²) in [5, 5.41) is 12.2. The molecule has 1 aromatic heterocycles. The van der Waals surface area contributed by atoms with Crippen LogP contribution in [-0.4, -0.2) is 5.11 Å². The van der Waals surface area contributed by atoms with Crippen molar-refractivity contribution < 1.29 is 13.9 Å². The van der Waals surface area contributed by atoms with Gasteiger partial charge in [0.05, 0.1) is 0 Å². The normalized spacial score (nSPS) is 41.0. The summed E-state index contributed by atoms with van der Waals surface area (Å²) in [5.74, 6) is 2.40. The number of rotatable bonds is 1. The molecule has 21 heavy (non-hydrogen) atoms. The fourth-order valence-corrected chi connectivity index (χ4v) is 5.53. The van der Waals surface area contributed by atoms with Crippen LogP contribution in [0.25, 0.3) is 11.0 Å². The summed E-state index contributed by atoms with van der Waals surface area (Å²) < 4.78 is 19.7. The highest BCUT2D eigenvalue weighted by Gasteiger charge is 2.58. The minimum atomic E-state index is -0.876. The Kier molecular flexibility index (Phi) is 2.26. The molecule has 2 aromatic rings. The first-order chi connectivity index (χ1) is 10.1. The standard InChI is InChI=1S/C18H19FO2/c19-15-3-1-2-12-9-16(21-17(12)15)18(20)13-5-10-4-11(7-13)8-14(18)6-10/h1-3,9-11,13-14,20H,4-8H2. The maximum Gasteiger partial charge on any atom is 0.170 e. The Bertz CT molecular complexity index is 689. The molecule has 4 aliphatic rings. The summed E-state index contributed by atoms with van der Waals surface area (Å²) in [5.41, 5.74) is -0.589. The molecule has 4 saturated carbocycles. The van der Waals surface area contributed by atoms with E-state index in [1.165, 1.54) is 12.5 Å². The van der Waals surface area contributed by atoms with E-state index in [-0.39, 0.29) is 23.2 Å². The van der Waals surface area contributed by atoms with Gasteiger partial charge in [-0.3, -0.25) is 0 Å². The second-order valence-corrected chi connectivity index (χ2v) is 7.40. The number of fused-ring (bicyclic) bond motifs is 1. The largest absolute Gasteiger partial charge is 0.455 e. The summed E-state index contributed by atoms with van der Waals surface area (Å²) in [7, 11) is 0. The Morgan fingerprint density at radius 3 is 2.33 bits per heavy atom. The first kappa shape index (κ1) is 12.2. The van der Waals surface area contributed by atoms with Crippen molar-refractivity contribution in [3.05, 3.63) is 35.8 Å². The van der Waals surface area contributed by atoms with Gasteiger partial charge in [-0.25, -0.2) is 4.39 Å². The maximum absolute atomic E-state index is 13.9. The lowest BCUT2D eigenvalue weighted by atomic mass is 9.49. The molecule has 0 aliphatic heterocycles. The van der Waals surface area contributed by atoms with Crippen molar-refractivity contribution in [2.24, 2.45) is 23.7 Å². The van der Waals surface area contributed by atoms with Crippen molar-refractivity contribution in [2.75, 3.05) is 0 Å². The zero-order valence-electron chi connectivity index (χ0n) is 11.9. The van der Waals surface area contributed by atoms with Crippen molar-refractivity contribution in [1.29, 1.82) is 0 Å². The fourth-order valence-electron chi connectivity index (χ4n) is 5.53. The van der Waals surface area contributed by atoms with Crippen LogP contribution in [-0.2, 0) is 5.60 Å². The third kappa shape index (κ3) is 1.50. The van der Waals surface area contributed by atoms with Gasteiger partial charge >= 0.3 is 0 Å². The van der Waals surface area contributed by atoms with Crippen LogP contribution in [0.3, 0.4) is 0 Å². The molecule has 1 N–H and O–H groups in total. The third-order valence-corrected chi connectivity index (χ3v) is 6.27. The van der Waals surface area contributed by atoms with E-state index < -0.39 is 5.60 Å². The molecule has 0 amide bonds. The van der Waals surface area contributed by atoms with Crippen molar-refractivity contribution in [1.82, 2.24) is 0 Å². The Balaban J connectivity index is 1.66. The van der Waals surface area contributed by atoms with Gasteiger partial charge in [0.1, 0.15) is 11.4 Å². The number of para-hydroxylation sites is 1. The quantitative estimate of drug-likeness (QED) is 0.851. The van der Waals surface area contributed by atoms with Crippen LogP contribution in [0, 0.1) is 29.5 Å². The Hall–Kier alpha value is -1.35. The molecular formula is C18H19FO2. The van der Waals surface area contributed by atoms with Gasteiger partial charge in [-0.1, -0.05) is 12.1 Å². The zero-order chi connectivity index (χ0) is 14.2. The van der Waals surface area contributed by atoms with Gasteiger partial charge in [-0.05, 0) is 67.9 Å². The molecule has 0 atom stereocenters. The lowest BCUT2D eigenvalue weighted by molar-refractivity contribution is -0.188. The van der Waals surface area contributed by atoms with Gasteiger partial charge in [-0.15, -0.1) is 0 Å². The lowest BCUT2D eigenvalue weighted by Crippen LogP contribution is -2.55. The molecular weight excluding hydrogens is 267 g/mol. The molecule has 4 aliphatic carbocycles. The zero-order valence-corrected chi connectivity index (χ0v) is 11.9. The van der Waals surface area contributed by atoms with E-state index in [9.17, 15) is 9.50 Å². The molecule has 1 aromatic carbocycles. The molecule has 2 nitrogen and oxygen atoms in total. The van der Waals surface area contributed by atoms with Gasteiger partial charge < -0.3 is 9.52 Å². The summed E-state index contributed by atoms with van der Waals surface area (Å²) in [6.45, 7) is 0. The van der Waals surface area contributed by atoms with Gasteiger partial charge in [0, 0.05) is 5.39 Å². The molecule has 3 heteroatoms. The molecule has 4 bridgehead atoms. The van der Waals surface area contributed by atoms with E-state index in [1.807, 2.05) is 12.1 Å². The fraction of sp³-hybridized carbons (Fsp3) is 0.556. The Morgan fingerprint density at radius 1 is 1.05 bits per heavy atom. The Labute approximate surface area is 122 Å². The molecule has 6 rings (SSSR count). The molecule has 0 saturated heterocycles. The maximum atomic E-state index is 13.9. The van der Waals surface area contributed by atoms with Crippen molar-refractivity contribution >= 4 is 11.0 Å². The summed E-state index contributed by atoms with van der Waals surface area (Å²) in [6, 6.07) is 6.82. The molecule has 1 heterocycles. The van der Waals surface area contributed by atoms with E-state index >= 15 is 0 Å². The van der Waals surface area contributed by atoms with Crippen LogP contribution >= 0.6 is 0 Å². The Morgan fingerprint density at radius 2 is 1.71 bits per heavy atom. The number of hydrogen-bond acceptors (Lipinski definition) is 2. The number of halogens is 1. The molecule has 0 radical (unpaired) electrons. The first-order valence-corrected chi connectivity index (χ1v) is 8.05. The van der Waals surface area contributed by atoms with Crippen LogP contribution in [0.15, 0.2) is 28.7 Å². The van der Waals surface area contributed by atoms with Gasteiger partial charge in [0.2, 0.25) is 0 Å². The highest BCUT2D eigenvalue weighted by molar-refractivity contribution is 5.78. The monoisotopic (exact) mass is 286 g/mol. The summed E-state index contributed by atoms with van der Waals surface area (Å²) in [4.78, 5) is 0. The molecule has 4 fully saturated rings. The van der Waals surface area contributed by atoms with Crippen LogP contribution in [0.5, 0.6) is 0 Å². The van der Waals surface area contributed by atoms with Crippen molar-refractivity contribution in [3.63, 3.8) is 0 Å². The topological polar surface area (TPSA) is 33.4 Å². The molecule has 0 spiro atoms. The van der Waals surface area contributed by atoms with Crippen LogP contribution in [0.4, 0.5) is 4.39 Å². The predicted molar refractivity (Wildman–Crippen MR) is 77.1 cm³/mol. The van der Waals surface area contributed by atoms with E-state index in [4.69, 9.17) is 4.42 Å². The minimum Gasteiger partial charge on any atom is -0.455 e. The van der Waals surface area contributed by atoms with Crippen molar-refractivity contribution in [3.8, 4) is 0 Å². The van der Waals surface area contributed by atoms with Crippen LogP contribution < -0.4 is 0 Å². The summed E-state index contributed by atoms with van der Waals surface area (Å²) in [6.07, 6.45) is 5.75. The first-order valence-electron chi connectivity index (χ1n) is 8.05. The highest BCUT2D eigenvalue weighted by Crippen LogP contribution is 2.62. The van der Waals surface area contributed by atoms with Crippen LogP contribution in [0.2, 0.25) is 0 Å². The third-order valence-electron chi connectivity index (χ3n) is 6.27. The van der Waals surface area contributed by atoms with Crippen molar-refractivity contribution in [2.45, 2.75) is 37.7 Å². The van der Waals surface area contributed by atoms with E-state index in [2.05, 4.69) is 0 Å². The van der Waals surface area contributed by atoms with Crippen LogP contribution in [0.1, 0.15) is 37.9 Å². The van der Waals surface area contributed by atoms with Gasteiger partial charge in [0.15, 0.2) is 11.4 Å². The smallest absolute Gasteiger partial charge is 0.170 e. The average molecular weight is 286 g/mol. The van der Waals surface area contributed by atoms with Gasteiger partial charge in [-0.2, -0.15) is 0 Å². The predicted octanol–water partition coefficient (Wildman–Crippen LogP) is 4.22. The summed E-state index contributed by atoms with van der Waals surface area (Å²) >= 11 is 0. The number of aliphatic hydroxyl groups is 1. The number of furan rings is 1. The van der Waals surface area contributed by atoms with E-state index in [1.54, 1.807) is 6.07 Å². The lowest BCUT2D eigenvalue weighted by Gasteiger charge is -2.58. The van der Waals surface area contributed by atoms with E-state index in [0.29, 0.717) is 5.76 Å². The van der Waals surface area contributed by atoms with E-state index in [0.717, 1.165) is 42.9 Å². The molecule has 110 valence electrons. The van der Waals surface area contributed by atoms with Gasteiger partial charge in [0.25, 0.3) is 0 Å². The average Bonchev–Trinajstić information content (AvgIpc) is 2.90. The molecule has 0 unspecified atom stereocenters. The second-order valence-electron chi connectivity index (χ2n) is 7.40. The minimum absolute atomic E-state index is 0.287. The number of hydrogen-bond donors (Lipinski definition) is 1. The number of benzene rings is 1. The highest BCUT2D eigenvalue weighted by atomic mass is 19.1. The SMILES string of the molecule is OC1(c2cc3cccc(F)c3o2)C2CC3CC(C2)CC1C3.